The normalized spacial score (nSPS) is 11.2. The number of anilines is 1. The van der Waals surface area contributed by atoms with Gasteiger partial charge in [0.05, 0.1) is 50.3 Å². The molecule has 3 N–H and O–H groups in total. The molecule has 3 aromatic rings. The van der Waals surface area contributed by atoms with Crippen molar-refractivity contribution in [2.24, 2.45) is 5.73 Å². The molecule has 0 saturated heterocycles. The molecule has 1 aromatic heterocycles. The zero-order valence-corrected chi connectivity index (χ0v) is 16.1. The maximum atomic E-state index is 6.15. The van der Waals surface area contributed by atoms with Crippen LogP contribution in [0.15, 0.2) is 36.4 Å². The van der Waals surface area contributed by atoms with Gasteiger partial charge in [0.1, 0.15) is 5.75 Å². The Bertz CT molecular complexity index is 904. The summed E-state index contributed by atoms with van der Waals surface area (Å²) in [5, 5.41) is 6.14. The largest absolute Gasteiger partial charge is 0.497 e. The van der Waals surface area contributed by atoms with Gasteiger partial charge in [-0.1, -0.05) is 11.6 Å². The summed E-state index contributed by atoms with van der Waals surface area (Å²) in [6, 6.07) is 11.6. The van der Waals surface area contributed by atoms with Gasteiger partial charge in [-0.15, -0.1) is 0 Å². The van der Waals surface area contributed by atoms with E-state index in [1.165, 1.54) is 0 Å². The summed E-state index contributed by atoms with van der Waals surface area (Å²) in [6.07, 6.45) is 0. The van der Waals surface area contributed by atoms with Crippen LogP contribution in [0.3, 0.4) is 0 Å². The number of halogens is 1. The van der Waals surface area contributed by atoms with E-state index in [0.29, 0.717) is 44.5 Å². The van der Waals surface area contributed by atoms with E-state index in [4.69, 9.17) is 36.5 Å². The van der Waals surface area contributed by atoms with Crippen LogP contribution in [0.25, 0.3) is 21.8 Å². The summed E-state index contributed by atoms with van der Waals surface area (Å²) in [7, 11) is 1.66. The number of rotatable bonds is 10. The maximum Gasteiger partial charge on any atom is 0.119 e. The molecule has 1 heterocycles. The Morgan fingerprint density at radius 2 is 1.78 bits per heavy atom. The van der Waals surface area contributed by atoms with Crippen molar-refractivity contribution in [1.82, 2.24) is 4.98 Å². The molecule has 0 aliphatic heterocycles. The fraction of sp³-hybridized carbons (Fsp3) is 0.350. The van der Waals surface area contributed by atoms with Crippen LogP contribution in [0.1, 0.15) is 0 Å². The summed E-state index contributed by atoms with van der Waals surface area (Å²) in [4.78, 5) is 4.72. The minimum atomic E-state index is 0.525. The van der Waals surface area contributed by atoms with Crippen molar-refractivity contribution < 1.29 is 14.2 Å². The number of fused-ring (bicyclic) bond motifs is 2. The van der Waals surface area contributed by atoms with Gasteiger partial charge in [-0.3, -0.25) is 0 Å². The van der Waals surface area contributed by atoms with Gasteiger partial charge in [0, 0.05) is 28.9 Å². The third kappa shape index (κ3) is 4.99. The summed E-state index contributed by atoms with van der Waals surface area (Å²) in [6.45, 7) is 3.40. The zero-order valence-electron chi connectivity index (χ0n) is 15.3. The van der Waals surface area contributed by atoms with E-state index >= 15 is 0 Å². The van der Waals surface area contributed by atoms with Gasteiger partial charge in [-0.25, -0.2) is 4.98 Å². The summed E-state index contributed by atoms with van der Waals surface area (Å²) >= 11 is 6.15. The molecule has 0 spiro atoms. The minimum absolute atomic E-state index is 0.525. The maximum absolute atomic E-state index is 6.15. The quantitative estimate of drug-likeness (QED) is 0.408. The van der Waals surface area contributed by atoms with E-state index in [1.54, 1.807) is 7.11 Å². The van der Waals surface area contributed by atoms with E-state index in [0.717, 1.165) is 33.2 Å². The molecule has 3 rings (SSSR count). The van der Waals surface area contributed by atoms with Crippen LogP contribution >= 0.6 is 11.6 Å². The van der Waals surface area contributed by atoms with Crippen LogP contribution in [-0.2, 0) is 9.47 Å². The Hall–Kier alpha value is -2.12. The number of nitrogens with two attached hydrogens (primary N) is 1. The van der Waals surface area contributed by atoms with Gasteiger partial charge in [0.2, 0.25) is 0 Å². The van der Waals surface area contributed by atoms with Crippen molar-refractivity contribution in [3.05, 3.63) is 41.4 Å². The molecular formula is C20H24ClN3O3. The number of nitrogens with one attached hydrogen (secondary N) is 1. The van der Waals surface area contributed by atoms with Gasteiger partial charge < -0.3 is 25.3 Å². The molecule has 144 valence electrons. The minimum Gasteiger partial charge on any atom is -0.497 e. The van der Waals surface area contributed by atoms with Crippen molar-refractivity contribution in [2.75, 3.05) is 51.9 Å². The first-order valence-corrected chi connectivity index (χ1v) is 9.27. The molecule has 0 aliphatic carbocycles. The molecule has 0 saturated carbocycles. The second kappa shape index (κ2) is 9.71. The first-order valence-electron chi connectivity index (χ1n) is 8.89. The van der Waals surface area contributed by atoms with Crippen LogP contribution in [0.4, 0.5) is 5.69 Å². The lowest BCUT2D eigenvalue weighted by Gasteiger charge is -2.14. The number of ether oxygens (including phenoxy) is 3. The predicted octanol–water partition coefficient (Wildman–Crippen LogP) is 3.45. The molecule has 0 aliphatic rings. The molecule has 0 radical (unpaired) electrons. The van der Waals surface area contributed by atoms with Crippen LogP contribution in [0.5, 0.6) is 5.75 Å². The van der Waals surface area contributed by atoms with E-state index in [9.17, 15) is 0 Å². The Kier molecular flexibility index (Phi) is 7.06. The highest BCUT2D eigenvalue weighted by Gasteiger charge is 2.10. The van der Waals surface area contributed by atoms with Crippen molar-refractivity contribution >= 4 is 39.1 Å². The van der Waals surface area contributed by atoms with Gasteiger partial charge in [0.25, 0.3) is 0 Å². The molecule has 0 unspecified atom stereocenters. The standard InChI is InChI=1S/C20H24ClN3O3/c1-25-15-3-5-18-17(13-15)20(16-4-2-14(21)12-19(16)24-18)23-7-9-27-11-10-26-8-6-22/h2-5,12-13H,6-11,22H2,1H3,(H,23,24). The molecule has 7 heteroatoms. The number of pyridine rings is 1. The molecule has 0 atom stereocenters. The highest BCUT2D eigenvalue weighted by atomic mass is 35.5. The van der Waals surface area contributed by atoms with Crippen molar-refractivity contribution in [1.29, 1.82) is 0 Å². The Morgan fingerprint density at radius 3 is 2.56 bits per heavy atom. The molecule has 0 amide bonds. The second-order valence-corrected chi connectivity index (χ2v) is 6.41. The second-order valence-electron chi connectivity index (χ2n) is 5.97. The number of aromatic nitrogens is 1. The molecule has 0 bridgehead atoms. The van der Waals surface area contributed by atoms with E-state index < -0.39 is 0 Å². The zero-order chi connectivity index (χ0) is 19.1. The molecule has 27 heavy (non-hydrogen) atoms. The average molecular weight is 390 g/mol. The van der Waals surface area contributed by atoms with Crippen LogP contribution in [0, 0.1) is 0 Å². The topological polar surface area (TPSA) is 78.6 Å². The summed E-state index contributed by atoms with van der Waals surface area (Å²) < 4.78 is 16.3. The van der Waals surface area contributed by atoms with Crippen LogP contribution < -0.4 is 15.8 Å². The highest BCUT2D eigenvalue weighted by Crippen LogP contribution is 2.34. The number of nitrogens with zero attached hydrogens (tertiary/aromatic N) is 1. The Morgan fingerprint density at radius 1 is 0.963 bits per heavy atom. The number of benzene rings is 2. The first-order chi connectivity index (χ1) is 13.2. The smallest absolute Gasteiger partial charge is 0.119 e. The summed E-state index contributed by atoms with van der Waals surface area (Å²) in [5.41, 5.74) is 8.10. The lowest BCUT2D eigenvalue weighted by atomic mass is 10.1. The van der Waals surface area contributed by atoms with Gasteiger partial charge in [0.15, 0.2) is 0 Å². The van der Waals surface area contributed by atoms with E-state index in [-0.39, 0.29) is 0 Å². The number of hydrogen-bond donors (Lipinski definition) is 2. The van der Waals surface area contributed by atoms with Crippen molar-refractivity contribution in [2.45, 2.75) is 0 Å². The molecular weight excluding hydrogens is 366 g/mol. The first kappa shape index (κ1) is 19.6. The lowest BCUT2D eigenvalue weighted by molar-refractivity contribution is 0.0548. The summed E-state index contributed by atoms with van der Waals surface area (Å²) in [5.74, 6) is 0.786. The van der Waals surface area contributed by atoms with Crippen molar-refractivity contribution in [3.63, 3.8) is 0 Å². The Balaban J connectivity index is 1.78. The third-order valence-electron chi connectivity index (χ3n) is 4.13. The molecule has 0 fully saturated rings. The van der Waals surface area contributed by atoms with Gasteiger partial charge in [-0.05, 0) is 36.4 Å². The number of methoxy groups -OCH3 is 1. The Labute approximate surface area is 163 Å². The lowest BCUT2D eigenvalue weighted by Crippen LogP contribution is -2.15. The van der Waals surface area contributed by atoms with E-state index in [1.807, 2.05) is 36.4 Å². The van der Waals surface area contributed by atoms with Crippen molar-refractivity contribution in [3.8, 4) is 5.75 Å². The predicted molar refractivity (Wildman–Crippen MR) is 110 cm³/mol. The SMILES string of the molecule is COc1ccc2nc3cc(Cl)ccc3c(NCCOCCOCCN)c2c1. The number of hydrogen-bond acceptors (Lipinski definition) is 6. The molecule has 2 aromatic carbocycles. The molecule has 6 nitrogen and oxygen atoms in total. The third-order valence-corrected chi connectivity index (χ3v) is 4.36. The van der Waals surface area contributed by atoms with Gasteiger partial charge >= 0.3 is 0 Å². The fourth-order valence-corrected chi connectivity index (χ4v) is 3.03. The van der Waals surface area contributed by atoms with Crippen LogP contribution in [0.2, 0.25) is 5.02 Å². The van der Waals surface area contributed by atoms with E-state index in [2.05, 4.69) is 5.32 Å². The van der Waals surface area contributed by atoms with Crippen LogP contribution in [-0.4, -0.2) is 51.6 Å². The highest BCUT2D eigenvalue weighted by molar-refractivity contribution is 6.31. The fourth-order valence-electron chi connectivity index (χ4n) is 2.87. The van der Waals surface area contributed by atoms with Gasteiger partial charge in [-0.2, -0.15) is 0 Å². The monoisotopic (exact) mass is 389 g/mol. The average Bonchev–Trinajstić information content (AvgIpc) is 2.68.